The maximum absolute atomic E-state index is 13.4. The number of nitrogens with one attached hydrogen (secondary N) is 1. The van der Waals surface area contributed by atoms with Crippen LogP contribution in [-0.4, -0.2) is 35.9 Å². The van der Waals surface area contributed by atoms with Crippen molar-refractivity contribution in [2.45, 2.75) is 70.5 Å². The van der Waals surface area contributed by atoms with Crippen LogP contribution in [0.4, 0.5) is 0 Å². The van der Waals surface area contributed by atoms with Crippen molar-refractivity contribution >= 4 is 23.4 Å². The summed E-state index contributed by atoms with van der Waals surface area (Å²) < 4.78 is 5.34. The van der Waals surface area contributed by atoms with Crippen molar-refractivity contribution in [2.75, 3.05) is 7.11 Å². The van der Waals surface area contributed by atoms with Crippen molar-refractivity contribution in [3.8, 4) is 5.75 Å². The second-order valence-corrected chi connectivity index (χ2v) is 8.79. The molecule has 172 valence electrons. The monoisotopic (exact) mass is 456 g/mol. The summed E-state index contributed by atoms with van der Waals surface area (Å²) in [6.07, 6.45) is 5.70. The first kappa shape index (κ1) is 24.1. The van der Waals surface area contributed by atoms with Gasteiger partial charge >= 0.3 is 0 Å². The first-order valence-electron chi connectivity index (χ1n) is 11.5. The predicted octanol–water partition coefficient (Wildman–Crippen LogP) is 5.15. The summed E-state index contributed by atoms with van der Waals surface area (Å²) in [6.45, 7) is 2.31. The molecule has 1 aliphatic carbocycles. The molecule has 2 amide bonds. The Hall–Kier alpha value is -2.53. The van der Waals surface area contributed by atoms with Gasteiger partial charge in [-0.15, -0.1) is 0 Å². The Morgan fingerprint density at radius 2 is 1.91 bits per heavy atom. The number of carbonyl (C=O) groups is 2. The van der Waals surface area contributed by atoms with E-state index in [1.807, 2.05) is 55.5 Å². The van der Waals surface area contributed by atoms with E-state index >= 15 is 0 Å². The predicted molar refractivity (Wildman–Crippen MR) is 128 cm³/mol. The van der Waals surface area contributed by atoms with Crippen LogP contribution < -0.4 is 10.1 Å². The van der Waals surface area contributed by atoms with Gasteiger partial charge in [-0.25, -0.2) is 0 Å². The van der Waals surface area contributed by atoms with Gasteiger partial charge in [0.1, 0.15) is 11.8 Å². The third-order valence-electron chi connectivity index (χ3n) is 6.14. The van der Waals surface area contributed by atoms with Gasteiger partial charge < -0.3 is 15.0 Å². The summed E-state index contributed by atoms with van der Waals surface area (Å²) in [6, 6.07) is 14.9. The maximum atomic E-state index is 13.4. The van der Waals surface area contributed by atoms with Crippen LogP contribution in [-0.2, 0) is 22.6 Å². The molecule has 1 atom stereocenters. The Kier molecular flexibility index (Phi) is 8.98. The molecular weight excluding hydrogens is 424 g/mol. The van der Waals surface area contributed by atoms with Crippen molar-refractivity contribution in [1.29, 1.82) is 0 Å². The van der Waals surface area contributed by atoms with Gasteiger partial charge in [-0.05, 0) is 55.0 Å². The minimum Gasteiger partial charge on any atom is -0.497 e. The molecule has 1 saturated carbocycles. The lowest BCUT2D eigenvalue weighted by atomic mass is 10.1. The molecule has 0 bridgehead atoms. The molecule has 1 N–H and O–H groups in total. The van der Waals surface area contributed by atoms with Gasteiger partial charge in [0.25, 0.3) is 0 Å². The highest BCUT2D eigenvalue weighted by Crippen LogP contribution is 2.22. The second-order valence-electron chi connectivity index (χ2n) is 8.38. The number of ether oxygens (including phenoxy) is 1. The van der Waals surface area contributed by atoms with Crippen LogP contribution >= 0.6 is 11.6 Å². The number of benzene rings is 2. The standard InChI is InChI=1S/C26H33ClN2O3/c1-3-24(26(31)28-21-11-5-6-12-21)29(18-19-9-8-13-22(17-19)32-2)25(30)16-15-20-10-4-7-14-23(20)27/h4,7-10,13-14,17,21,24H,3,5-6,11-12,15-16,18H2,1-2H3,(H,28,31). The van der Waals surface area contributed by atoms with E-state index in [-0.39, 0.29) is 17.9 Å². The Balaban J connectivity index is 1.78. The van der Waals surface area contributed by atoms with E-state index in [1.54, 1.807) is 12.0 Å². The van der Waals surface area contributed by atoms with Crippen molar-refractivity contribution in [2.24, 2.45) is 0 Å². The number of hydrogen-bond donors (Lipinski definition) is 1. The van der Waals surface area contributed by atoms with Gasteiger partial charge in [0.15, 0.2) is 0 Å². The first-order chi connectivity index (χ1) is 15.5. The highest BCUT2D eigenvalue weighted by molar-refractivity contribution is 6.31. The number of hydrogen-bond acceptors (Lipinski definition) is 3. The lowest BCUT2D eigenvalue weighted by molar-refractivity contribution is -0.141. The maximum Gasteiger partial charge on any atom is 0.243 e. The summed E-state index contributed by atoms with van der Waals surface area (Å²) >= 11 is 6.28. The molecule has 0 saturated heterocycles. The fraction of sp³-hybridized carbons (Fsp3) is 0.462. The summed E-state index contributed by atoms with van der Waals surface area (Å²) in [5, 5.41) is 3.84. The topological polar surface area (TPSA) is 58.6 Å². The molecule has 0 aliphatic heterocycles. The summed E-state index contributed by atoms with van der Waals surface area (Å²) in [5.41, 5.74) is 1.87. The lowest BCUT2D eigenvalue weighted by Gasteiger charge is -2.31. The Labute approximate surface area is 196 Å². The Bertz CT molecular complexity index is 911. The van der Waals surface area contributed by atoms with Crippen LogP contribution in [0.1, 0.15) is 56.6 Å². The van der Waals surface area contributed by atoms with Gasteiger partial charge in [0.2, 0.25) is 11.8 Å². The molecular formula is C26H33ClN2O3. The van der Waals surface area contributed by atoms with Gasteiger partial charge in [0.05, 0.1) is 7.11 Å². The molecule has 1 unspecified atom stereocenters. The summed E-state index contributed by atoms with van der Waals surface area (Å²) in [7, 11) is 1.62. The second kappa shape index (κ2) is 11.9. The average molecular weight is 457 g/mol. The Morgan fingerprint density at radius 1 is 1.16 bits per heavy atom. The van der Waals surface area contributed by atoms with E-state index in [1.165, 1.54) is 0 Å². The van der Waals surface area contributed by atoms with Crippen LogP contribution in [0.2, 0.25) is 5.02 Å². The molecule has 1 fully saturated rings. The van der Waals surface area contributed by atoms with Crippen molar-refractivity contribution in [1.82, 2.24) is 10.2 Å². The van der Waals surface area contributed by atoms with Crippen LogP contribution in [0.3, 0.4) is 0 Å². The summed E-state index contributed by atoms with van der Waals surface area (Å²) in [5.74, 6) is 0.615. The molecule has 32 heavy (non-hydrogen) atoms. The quantitative estimate of drug-likeness (QED) is 0.538. The molecule has 6 heteroatoms. The molecule has 0 heterocycles. The molecule has 1 aliphatic rings. The Morgan fingerprint density at radius 3 is 2.59 bits per heavy atom. The number of halogens is 1. The SMILES string of the molecule is CCC(C(=O)NC1CCCC1)N(Cc1cccc(OC)c1)C(=O)CCc1ccccc1Cl. The highest BCUT2D eigenvalue weighted by atomic mass is 35.5. The fourth-order valence-corrected chi connectivity index (χ4v) is 4.57. The van der Waals surface area contributed by atoms with Crippen LogP contribution in [0.25, 0.3) is 0 Å². The summed E-state index contributed by atoms with van der Waals surface area (Å²) in [4.78, 5) is 28.3. The number of aryl methyl sites for hydroxylation is 1. The van der Waals surface area contributed by atoms with Crippen LogP contribution in [0.15, 0.2) is 48.5 Å². The fourth-order valence-electron chi connectivity index (χ4n) is 4.34. The molecule has 0 spiro atoms. The zero-order chi connectivity index (χ0) is 22.9. The third kappa shape index (κ3) is 6.49. The number of amides is 2. The normalized spacial score (nSPS) is 14.7. The number of rotatable bonds is 10. The van der Waals surface area contributed by atoms with Crippen LogP contribution in [0, 0.1) is 0 Å². The number of carbonyl (C=O) groups excluding carboxylic acids is 2. The number of methoxy groups -OCH3 is 1. The zero-order valence-electron chi connectivity index (χ0n) is 19.0. The zero-order valence-corrected chi connectivity index (χ0v) is 19.7. The molecule has 0 radical (unpaired) electrons. The van der Waals surface area contributed by atoms with E-state index in [0.717, 1.165) is 42.6 Å². The smallest absolute Gasteiger partial charge is 0.243 e. The molecule has 3 rings (SSSR count). The van der Waals surface area contributed by atoms with E-state index in [4.69, 9.17) is 16.3 Å². The van der Waals surface area contributed by atoms with Gasteiger partial charge in [-0.3, -0.25) is 9.59 Å². The van der Waals surface area contributed by atoms with Crippen molar-refractivity contribution in [3.05, 3.63) is 64.7 Å². The van der Waals surface area contributed by atoms with E-state index in [9.17, 15) is 9.59 Å². The average Bonchev–Trinajstić information content (AvgIpc) is 3.31. The van der Waals surface area contributed by atoms with Crippen molar-refractivity contribution < 1.29 is 14.3 Å². The van der Waals surface area contributed by atoms with E-state index in [2.05, 4.69) is 5.32 Å². The molecule has 2 aromatic carbocycles. The van der Waals surface area contributed by atoms with Gasteiger partial charge in [-0.1, -0.05) is 61.7 Å². The molecule has 5 nitrogen and oxygen atoms in total. The molecule has 2 aromatic rings. The minimum atomic E-state index is -0.513. The minimum absolute atomic E-state index is 0.0545. The van der Waals surface area contributed by atoms with Gasteiger partial charge in [-0.2, -0.15) is 0 Å². The molecule has 0 aromatic heterocycles. The van der Waals surface area contributed by atoms with Gasteiger partial charge in [0, 0.05) is 24.0 Å². The van der Waals surface area contributed by atoms with Crippen LogP contribution in [0.5, 0.6) is 5.75 Å². The van der Waals surface area contributed by atoms with E-state index in [0.29, 0.717) is 30.8 Å². The number of nitrogens with zero attached hydrogens (tertiary/aromatic N) is 1. The largest absolute Gasteiger partial charge is 0.497 e. The highest BCUT2D eigenvalue weighted by Gasteiger charge is 2.30. The lowest BCUT2D eigenvalue weighted by Crippen LogP contribution is -2.51. The van der Waals surface area contributed by atoms with Crippen molar-refractivity contribution in [3.63, 3.8) is 0 Å². The van der Waals surface area contributed by atoms with E-state index < -0.39 is 6.04 Å². The first-order valence-corrected chi connectivity index (χ1v) is 11.9. The third-order valence-corrected chi connectivity index (χ3v) is 6.51.